The van der Waals surface area contributed by atoms with Gasteiger partial charge in [-0.1, -0.05) is 12.8 Å². The number of carbonyl (C=O) groups excluding carboxylic acids is 1. The summed E-state index contributed by atoms with van der Waals surface area (Å²) >= 11 is 0. The zero-order valence-corrected chi connectivity index (χ0v) is 11.4. The van der Waals surface area contributed by atoms with E-state index < -0.39 is 0 Å². The molecule has 1 saturated heterocycles. The van der Waals surface area contributed by atoms with Crippen LogP contribution in [0.3, 0.4) is 0 Å². The molecule has 1 amide bonds. The van der Waals surface area contributed by atoms with Crippen molar-refractivity contribution in [1.29, 1.82) is 0 Å². The van der Waals surface area contributed by atoms with Gasteiger partial charge in [-0.3, -0.25) is 4.79 Å². The maximum Gasteiger partial charge on any atom is 0.240 e. The monoisotopic (exact) mass is 254 g/mol. The van der Waals surface area contributed by atoms with Gasteiger partial charge < -0.3 is 15.3 Å². The van der Waals surface area contributed by atoms with Crippen LogP contribution in [0.15, 0.2) is 0 Å². The summed E-state index contributed by atoms with van der Waals surface area (Å²) in [5, 5.41) is 12.6. The van der Waals surface area contributed by atoms with Crippen molar-refractivity contribution in [1.82, 2.24) is 10.2 Å². The normalized spacial score (nSPS) is 29.4. The highest BCUT2D eigenvalue weighted by molar-refractivity contribution is 5.82. The third-order valence-corrected chi connectivity index (χ3v) is 4.30. The lowest BCUT2D eigenvalue weighted by molar-refractivity contribution is -0.137. The first-order valence-corrected chi connectivity index (χ1v) is 7.39. The molecular formula is C14H26N2O2. The van der Waals surface area contributed by atoms with Crippen LogP contribution in [0.5, 0.6) is 0 Å². The number of nitrogens with one attached hydrogen (secondary N) is 1. The molecule has 1 aliphatic carbocycles. The van der Waals surface area contributed by atoms with Crippen molar-refractivity contribution in [3.8, 4) is 0 Å². The smallest absolute Gasteiger partial charge is 0.240 e. The Hall–Kier alpha value is -0.610. The first-order chi connectivity index (χ1) is 8.72. The van der Waals surface area contributed by atoms with Crippen LogP contribution >= 0.6 is 0 Å². The molecule has 0 aromatic carbocycles. The van der Waals surface area contributed by atoms with Crippen molar-refractivity contribution in [2.45, 2.75) is 70.0 Å². The number of rotatable bonds is 4. The second-order valence-electron chi connectivity index (χ2n) is 5.74. The van der Waals surface area contributed by atoms with Crippen LogP contribution in [-0.2, 0) is 4.79 Å². The molecule has 2 atom stereocenters. The minimum Gasteiger partial charge on any atom is -0.395 e. The maximum atomic E-state index is 12.6. The largest absolute Gasteiger partial charge is 0.395 e. The summed E-state index contributed by atoms with van der Waals surface area (Å²) in [7, 11) is 0. The molecule has 1 aliphatic heterocycles. The SMILES string of the molecule is CC1CCCC(C(=O)N(CCO)C2CCCC2)N1. The number of nitrogens with zero attached hydrogens (tertiary/aromatic N) is 1. The highest BCUT2D eigenvalue weighted by Gasteiger charge is 2.32. The number of hydrogen-bond donors (Lipinski definition) is 2. The van der Waals surface area contributed by atoms with Crippen LogP contribution in [0.2, 0.25) is 0 Å². The van der Waals surface area contributed by atoms with Gasteiger partial charge in [-0.05, 0) is 39.0 Å². The van der Waals surface area contributed by atoms with Crippen LogP contribution in [0.4, 0.5) is 0 Å². The van der Waals surface area contributed by atoms with E-state index in [4.69, 9.17) is 0 Å². The van der Waals surface area contributed by atoms with Gasteiger partial charge in [0.15, 0.2) is 0 Å². The van der Waals surface area contributed by atoms with Gasteiger partial charge >= 0.3 is 0 Å². The lowest BCUT2D eigenvalue weighted by atomic mass is 9.98. The van der Waals surface area contributed by atoms with Gasteiger partial charge in [-0.25, -0.2) is 0 Å². The molecule has 104 valence electrons. The third kappa shape index (κ3) is 3.23. The molecule has 0 bridgehead atoms. The quantitative estimate of drug-likeness (QED) is 0.794. The summed E-state index contributed by atoms with van der Waals surface area (Å²) in [4.78, 5) is 14.5. The predicted molar refractivity (Wildman–Crippen MR) is 71.3 cm³/mol. The fourth-order valence-electron chi connectivity index (χ4n) is 3.33. The number of amides is 1. The number of aliphatic hydroxyl groups excluding tert-OH is 1. The Bertz CT molecular complexity index is 277. The van der Waals surface area contributed by atoms with Crippen LogP contribution in [0, 0.1) is 0 Å². The minimum atomic E-state index is -0.0269. The number of piperidine rings is 1. The van der Waals surface area contributed by atoms with E-state index in [2.05, 4.69) is 12.2 Å². The first-order valence-electron chi connectivity index (χ1n) is 7.39. The lowest BCUT2D eigenvalue weighted by Gasteiger charge is -2.35. The van der Waals surface area contributed by atoms with E-state index in [0.29, 0.717) is 18.6 Å². The molecule has 0 aromatic heterocycles. The molecule has 4 heteroatoms. The van der Waals surface area contributed by atoms with Gasteiger partial charge in [0.1, 0.15) is 0 Å². The summed E-state index contributed by atoms with van der Waals surface area (Å²) in [6.07, 6.45) is 7.87. The third-order valence-electron chi connectivity index (χ3n) is 4.30. The second-order valence-corrected chi connectivity index (χ2v) is 5.74. The van der Waals surface area contributed by atoms with E-state index in [-0.39, 0.29) is 18.6 Å². The second kappa shape index (κ2) is 6.53. The molecule has 0 aromatic rings. The Kier molecular flexibility index (Phi) is 5.01. The summed E-state index contributed by atoms with van der Waals surface area (Å²) in [6.45, 7) is 2.71. The van der Waals surface area contributed by atoms with E-state index in [9.17, 15) is 9.90 Å². The predicted octanol–water partition coefficient (Wildman–Crippen LogP) is 1.28. The van der Waals surface area contributed by atoms with E-state index in [1.165, 1.54) is 12.8 Å². The summed E-state index contributed by atoms with van der Waals surface area (Å²) in [6, 6.07) is 0.775. The first kappa shape index (κ1) is 13.8. The molecule has 2 aliphatic rings. The van der Waals surface area contributed by atoms with Crippen LogP contribution in [-0.4, -0.2) is 47.2 Å². The molecule has 2 fully saturated rings. The molecule has 2 N–H and O–H groups in total. The Balaban J connectivity index is 1.97. The van der Waals surface area contributed by atoms with E-state index in [1.54, 1.807) is 0 Å². The molecule has 0 spiro atoms. The zero-order valence-electron chi connectivity index (χ0n) is 11.4. The molecule has 2 unspecified atom stereocenters. The topological polar surface area (TPSA) is 52.6 Å². The standard InChI is InChI=1S/C14H26N2O2/c1-11-5-4-8-13(15-11)14(18)16(9-10-17)12-6-2-3-7-12/h11-13,15,17H,2-10H2,1H3. The summed E-state index contributed by atoms with van der Waals surface area (Å²) in [5.41, 5.74) is 0. The van der Waals surface area contributed by atoms with Crippen LogP contribution < -0.4 is 5.32 Å². The van der Waals surface area contributed by atoms with Gasteiger partial charge in [-0.15, -0.1) is 0 Å². The zero-order chi connectivity index (χ0) is 13.0. The van der Waals surface area contributed by atoms with E-state index >= 15 is 0 Å². The van der Waals surface area contributed by atoms with E-state index in [0.717, 1.165) is 32.1 Å². The Morgan fingerprint density at radius 2 is 1.94 bits per heavy atom. The highest BCUT2D eigenvalue weighted by Crippen LogP contribution is 2.25. The molecule has 1 saturated carbocycles. The van der Waals surface area contributed by atoms with Gasteiger partial charge in [0.05, 0.1) is 12.6 Å². The van der Waals surface area contributed by atoms with Crippen molar-refractivity contribution < 1.29 is 9.90 Å². The molecule has 18 heavy (non-hydrogen) atoms. The van der Waals surface area contributed by atoms with Crippen molar-refractivity contribution in [2.24, 2.45) is 0 Å². The number of hydrogen-bond acceptors (Lipinski definition) is 3. The van der Waals surface area contributed by atoms with Gasteiger partial charge in [0.2, 0.25) is 5.91 Å². The Morgan fingerprint density at radius 1 is 1.22 bits per heavy atom. The summed E-state index contributed by atoms with van der Waals surface area (Å²) in [5.74, 6) is 0.211. The fraction of sp³-hybridized carbons (Fsp3) is 0.929. The lowest BCUT2D eigenvalue weighted by Crippen LogP contribution is -2.54. The van der Waals surface area contributed by atoms with Crippen molar-refractivity contribution in [3.63, 3.8) is 0 Å². The van der Waals surface area contributed by atoms with Crippen LogP contribution in [0.1, 0.15) is 51.9 Å². The van der Waals surface area contributed by atoms with Crippen LogP contribution in [0.25, 0.3) is 0 Å². The number of aliphatic hydroxyl groups is 1. The number of carbonyl (C=O) groups is 1. The van der Waals surface area contributed by atoms with Gasteiger partial charge in [-0.2, -0.15) is 0 Å². The molecule has 1 heterocycles. The highest BCUT2D eigenvalue weighted by atomic mass is 16.3. The van der Waals surface area contributed by atoms with E-state index in [1.807, 2.05) is 4.90 Å². The van der Waals surface area contributed by atoms with Crippen molar-refractivity contribution in [2.75, 3.05) is 13.2 Å². The van der Waals surface area contributed by atoms with Crippen molar-refractivity contribution >= 4 is 5.91 Å². The minimum absolute atomic E-state index is 0.0269. The Morgan fingerprint density at radius 3 is 2.56 bits per heavy atom. The van der Waals surface area contributed by atoms with Crippen molar-refractivity contribution in [3.05, 3.63) is 0 Å². The molecular weight excluding hydrogens is 228 g/mol. The molecule has 0 radical (unpaired) electrons. The Labute approximate surface area is 110 Å². The molecule has 2 rings (SSSR count). The average molecular weight is 254 g/mol. The van der Waals surface area contributed by atoms with Gasteiger partial charge in [0, 0.05) is 18.6 Å². The summed E-state index contributed by atoms with van der Waals surface area (Å²) < 4.78 is 0. The average Bonchev–Trinajstić information content (AvgIpc) is 2.89. The molecule has 4 nitrogen and oxygen atoms in total. The van der Waals surface area contributed by atoms with Gasteiger partial charge in [0.25, 0.3) is 0 Å². The maximum absolute atomic E-state index is 12.6. The fourth-order valence-corrected chi connectivity index (χ4v) is 3.33.